The normalized spacial score (nSPS) is 10.5. The van der Waals surface area contributed by atoms with Crippen molar-refractivity contribution in [2.45, 2.75) is 26.7 Å². The number of carbonyl (C=O) groups is 1. The maximum atomic E-state index is 11.2. The number of hydrogen-bond donors (Lipinski definition) is 2. The summed E-state index contributed by atoms with van der Waals surface area (Å²) < 4.78 is 36.6. The first kappa shape index (κ1) is 20.4. The molecule has 7 nitrogen and oxygen atoms in total. The van der Waals surface area contributed by atoms with Crippen LogP contribution in [0.2, 0.25) is 0 Å². The lowest BCUT2D eigenvalue weighted by Gasteiger charge is -2.09. The summed E-state index contributed by atoms with van der Waals surface area (Å²) in [4.78, 5) is 13.2. The van der Waals surface area contributed by atoms with E-state index in [1.165, 1.54) is 0 Å². The summed E-state index contributed by atoms with van der Waals surface area (Å²) in [5.74, 6) is -0.217. The summed E-state index contributed by atoms with van der Waals surface area (Å²) in [5, 5.41) is 0. The molecule has 0 aromatic carbocycles. The second-order valence-electron chi connectivity index (χ2n) is 3.93. The van der Waals surface area contributed by atoms with Crippen molar-refractivity contribution in [2.75, 3.05) is 27.2 Å². The number of rotatable bonds is 6. The second-order valence-corrected chi connectivity index (χ2v) is 4.82. The van der Waals surface area contributed by atoms with E-state index in [0.29, 0.717) is 6.61 Å². The summed E-state index contributed by atoms with van der Waals surface area (Å²) in [5.41, 5.74) is 1.14. The molecule has 0 rings (SSSR count). The Kier molecular flexibility index (Phi) is 11.7. The van der Waals surface area contributed by atoms with Gasteiger partial charge in [-0.2, -0.15) is 8.42 Å². The van der Waals surface area contributed by atoms with Gasteiger partial charge in [0.2, 0.25) is 0 Å². The van der Waals surface area contributed by atoms with Crippen molar-refractivity contribution in [3.63, 3.8) is 0 Å². The zero-order chi connectivity index (χ0) is 15.5. The quantitative estimate of drug-likeness (QED) is 0.431. The SMILES string of the molecule is CCC(=CC(=O)OCCN(C)C)CC.O=S(=O)(O)O. The third kappa shape index (κ3) is 22.7. The maximum absolute atomic E-state index is 11.2. The van der Waals surface area contributed by atoms with Gasteiger partial charge in [-0.15, -0.1) is 0 Å². The van der Waals surface area contributed by atoms with Crippen LogP contribution in [0.4, 0.5) is 0 Å². The molecule has 0 aliphatic carbocycles. The molecule has 0 fully saturated rings. The molecule has 0 spiro atoms. The van der Waals surface area contributed by atoms with Gasteiger partial charge in [0.15, 0.2) is 0 Å². The minimum atomic E-state index is -4.67. The highest BCUT2D eigenvalue weighted by Crippen LogP contribution is 2.05. The lowest BCUT2D eigenvalue weighted by molar-refractivity contribution is -0.138. The van der Waals surface area contributed by atoms with Gasteiger partial charge in [0, 0.05) is 12.6 Å². The molecular formula is C11H23NO6S. The summed E-state index contributed by atoms with van der Waals surface area (Å²) >= 11 is 0. The molecule has 0 unspecified atom stereocenters. The van der Waals surface area contributed by atoms with Crippen molar-refractivity contribution < 1.29 is 27.1 Å². The van der Waals surface area contributed by atoms with Crippen LogP contribution >= 0.6 is 0 Å². The first-order chi connectivity index (χ1) is 8.60. The van der Waals surface area contributed by atoms with E-state index in [2.05, 4.69) is 0 Å². The number of esters is 1. The summed E-state index contributed by atoms with van der Waals surface area (Å²) in [6, 6.07) is 0. The van der Waals surface area contributed by atoms with Gasteiger partial charge in [0.25, 0.3) is 0 Å². The van der Waals surface area contributed by atoms with Crippen molar-refractivity contribution in [1.82, 2.24) is 4.90 Å². The topological polar surface area (TPSA) is 104 Å². The fourth-order valence-corrected chi connectivity index (χ4v) is 0.991. The Morgan fingerprint density at radius 3 is 1.95 bits per heavy atom. The van der Waals surface area contributed by atoms with Gasteiger partial charge in [0.05, 0.1) is 0 Å². The Morgan fingerprint density at radius 2 is 1.63 bits per heavy atom. The van der Waals surface area contributed by atoms with Crippen LogP contribution < -0.4 is 0 Å². The smallest absolute Gasteiger partial charge is 0.394 e. The number of likely N-dealkylation sites (N-methyl/N-ethyl adjacent to an activating group) is 1. The first-order valence-electron chi connectivity index (χ1n) is 5.80. The van der Waals surface area contributed by atoms with Crippen molar-refractivity contribution >= 4 is 16.4 Å². The Labute approximate surface area is 114 Å². The molecule has 0 saturated heterocycles. The van der Waals surface area contributed by atoms with E-state index in [4.69, 9.17) is 22.3 Å². The first-order valence-corrected chi connectivity index (χ1v) is 7.20. The van der Waals surface area contributed by atoms with Crippen molar-refractivity contribution in [3.05, 3.63) is 11.6 Å². The molecule has 0 aliphatic heterocycles. The number of hydrogen-bond acceptors (Lipinski definition) is 5. The predicted molar refractivity (Wildman–Crippen MR) is 72.4 cm³/mol. The molecule has 0 aliphatic rings. The van der Waals surface area contributed by atoms with Crippen LogP contribution in [0.1, 0.15) is 26.7 Å². The number of ether oxygens (including phenoxy) is 1. The third-order valence-corrected chi connectivity index (χ3v) is 2.01. The minimum Gasteiger partial charge on any atom is -0.461 e. The van der Waals surface area contributed by atoms with E-state index in [9.17, 15) is 4.79 Å². The van der Waals surface area contributed by atoms with Crippen LogP contribution in [0.25, 0.3) is 0 Å². The zero-order valence-electron chi connectivity index (χ0n) is 11.8. The van der Waals surface area contributed by atoms with Crippen LogP contribution in [0.15, 0.2) is 11.6 Å². The molecule has 0 bridgehead atoms. The van der Waals surface area contributed by atoms with E-state index in [0.717, 1.165) is 25.0 Å². The van der Waals surface area contributed by atoms with E-state index in [1.54, 1.807) is 6.08 Å². The van der Waals surface area contributed by atoms with Crippen molar-refractivity contribution in [3.8, 4) is 0 Å². The highest BCUT2D eigenvalue weighted by Gasteiger charge is 2.00. The van der Waals surface area contributed by atoms with Crippen molar-refractivity contribution in [2.24, 2.45) is 0 Å². The zero-order valence-corrected chi connectivity index (χ0v) is 12.6. The lowest BCUT2D eigenvalue weighted by Crippen LogP contribution is -2.19. The molecule has 0 aromatic rings. The Morgan fingerprint density at radius 1 is 1.21 bits per heavy atom. The largest absolute Gasteiger partial charge is 0.461 e. The maximum Gasteiger partial charge on any atom is 0.394 e. The Balaban J connectivity index is 0. The summed E-state index contributed by atoms with van der Waals surface area (Å²) in [6.07, 6.45) is 3.44. The van der Waals surface area contributed by atoms with Gasteiger partial charge in [-0.3, -0.25) is 9.11 Å². The number of allylic oxidation sites excluding steroid dienone is 1. The van der Waals surface area contributed by atoms with Gasteiger partial charge >= 0.3 is 16.4 Å². The Bertz CT molecular complexity index is 361. The van der Waals surface area contributed by atoms with Gasteiger partial charge in [-0.05, 0) is 26.9 Å². The standard InChI is InChI=1S/C11H21NO2.H2O4S/c1-5-10(6-2)9-11(13)14-8-7-12(3)4;1-5(2,3)4/h9H,5-8H2,1-4H3;(H2,1,2,3,4). The average Bonchev–Trinajstić information content (AvgIpc) is 2.23. The Hall–Kier alpha value is -0.960. The molecule has 19 heavy (non-hydrogen) atoms. The van der Waals surface area contributed by atoms with E-state index < -0.39 is 10.4 Å². The third-order valence-electron chi connectivity index (χ3n) is 2.01. The average molecular weight is 297 g/mol. The van der Waals surface area contributed by atoms with E-state index >= 15 is 0 Å². The molecule has 114 valence electrons. The molecule has 8 heteroatoms. The number of nitrogens with zero attached hydrogens (tertiary/aromatic N) is 1. The predicted octanol–water partition coefficient (Wildman–Crippen LogP) is 1.18. The molecule has 0 aromatic heterocycles. The molecule has 0 atom stereocenters. The highest BCUT2D eigenvalue weighted by molar-refractivity contribution is 7.79. The van der Waals surface area contributed by atoms with Gasteiger partial charge in [-0.1, -0.05) is 19.4 Å². The monoisotopic (exact) mass is 297 g/mol. The van der Waals surface area contributed by atoms with E-state index in [-0.39, 0.29) is 5.97 Å². The van der Waals surface area contributed by atoms with Gasteiger partial charge < -0.3 is 9.64 Å². The van der Waals surface area contributed by atoms with Crippen LogP contribution in [0, 0.1) is 0 Å². The molecule has 0 heterocycles. The van der Waals surface area contributed by atoms with Crippen LogP contribution in [0.3, 0.4) is 0 Å². The molecular weight excluding hydrogens is 274 g/mol. The van der Waals surface area contributed by atoms with Crippen molar-refractivity contribution in [1.29, 1.82) is 0 Å². The van der Waals surface area contributed by atoms with Crippen LogP contribution in [-0.2, 0) is 19.9 Å². The number of carbonyl (C=O) groups excluding carboxylic acids is 1. The van der Waals surface area contributed by atoms with Crippen LogP contribution in [-0.4, -0.2) is 55.6 Å². The minimum absolute atomic E-state index is 0.217. The summed E-state index contributed by atoms with van der Waals surface area (Å²) in [6.45, 7) is 5.32. The molecule has 0 radical (unpaired) electrons. The lowest BCUT2D eigenvalue weighted by atomic mass is 10.1. The van der Waals surface area contributed by atoms with E-state index in [1.807, 2.05) is 32.8 Å². The fraction of sp³-hybridized carbons (Fsp3) is 0.727. The van der Waals surface area contributed by atoms with Gasteiger partial charge in [0.1, 0.15) is 6.61 Å². The molecule has 2 N–H and O–H groups in total. The second kappa shape index (κ2) is 10.9. The molecule has 0 amide bonds. The molecule has 0 saturated carbocycles. The fourth-order valence-electron chi connectivity index (χ4n) is 0.991. The van der Waals surface area contributed by atoms with Gasteiger partial charge in [-0.25, -0.2) is 4.79 Å². The summed E-state index contributed by atoms with van der Waals surface area (Å²) in [7, 11) is -0.764. The van der Waals surface area contributed by atoms with Crippen LogP contribution in [0.5, 0.6) is 0 Å². The highest BCUT2D eigenvalue weighted by atomic mass is 32.3.